The van der Waals surface area contributed by atoms with E-state index in [9.17, 15) is 14.4 Å². The van der Waals surface area contributed by atoms with Gasteiger partial charge in [-0.1, -0.05) is 48.5 Å². The maximum absolute atomic E-state index is 12.5. The molecule has 2 aromatic carbocycles. The average molecular weight is 340 g/mol. The molecule has 130 valence electrons. The summed E-state index contributed by atoms with van der Waals surface area (Å²) in [6, 6.07) is 14.8. The fraction of sp³-hybridized carbons (Fsp3) is 0.211. The smallest absolute Gasteiger partial charge is 0.339 e. The third-order valence-corrected chi connectivity index (χ3v) is 3.50. The second kappa shape index (κ2) is 8.63. The Balaban J connectivity index is 2.23. The van der Waals surface area contributed by atoms with Gasteiger partial charge >= 0.3 is 12.0 Å². The van der Waals surface area contributed by atoms with E-state index in [0.717, 1.165) is 5.56 Å². The van der Waals surface area contributed by atoms with Crippen LogP contribution in [-0.2, 0) is 9.53 Å². The molecule has 0 aliphatic rings. The standard InChI is InChI=1S/C19H20N2O4/c1-3-20-19(24)21-17(22)16(14-10-5-4-6-11-14)25-18(23)15-12-8-7-9-13(15)2/h4-12,16H,3H2,1-2H3,(H2,20,21,22,24)/t16-/m0/s1. The van der Waals surface area contributed by atoms with E-state index in [1.54, 1.807) is 62.4 Å². The van der Waals surface area contributed by atoms with Crippen molar-refractivity contribution in [1.29, 1.82) is 0 Å². The van der Waals surface area contributed by atoms with E-state index in [1.165, 1.54) is 0 Å². The number of hydrogen-bond acceptors (Lipinski definition) is 4. The number of carbonyl (C=O) groups is 3. The van der Waals surface area contributed by atoms with Gasteiger partial charge in [-0.05, 0) is 25.5 Å². The number of esters is 1. The van der Waals surface area contributed by atoms with Crippen LogP contribution in [0.4, 0.5) is 4.79 Å². The highest BCUT2D eigenvalue weighted by atomic mass is 16.5. The van der Waals surface area contributed by atoms with Crippen molar-refractivity contribution in [2.24, 2.45) is 0 Å². The number of aryl methyl sites for hydroxylation is 1. The molecule has 0 fully saturated rings. The van der Waals surface area contributed by atoms with Crippen molar-refractivity contribution in [3.63, 3.8) is 0 Å². The Bertz CT molecular complexity index is 759. The molecule has 0 radical (unpaired) electrons. The van der Waals surface area contributed by atoms with Crippen LogP contribution in [0.2, 0.25) is 0 Å². The van der Waals surface area contributed by atoms with Crippen LogP contribution < -0.4 is 10.6 Å². The monoisotopic (exact) mass is 340 g/mol. The predicted molar refractivity (Wildman–Crippen MR) is 93.0 cm³/mol. The zero-order valence-corrected chi connectivity index (χ0v) is 14.1. The summed E-state index contributed by atoms with van der Waals surface area (Å²) >= 11 is 0. The summed E-state index contributed by atoms with van der Waals surface area (Å²) in [4.78, 5) is 36.5. The average Bonchev–Trinajstić information content (AvgIpc) is 2.60. The molecular formula is C19H20N2O4. The first kappa shape index (κ1) is 18.2. The van der Waals surface area contributed by atoms with Gasteiger partial charge in [0, 0.05) is 12.1 Å². The number of nitrogens with one attached hydrogen (secondary N) is 2. The third kappa shape index (κ3) is 4.91. The van der Waals surface area contributed by atoms with E-state index in [1.807, 2.05) is 6.07 Å². The molecule has 2 rings (SSSR count). The van der Waals surface area contributed by atoms with E-state index < -0.39 is 24.0 Å². The van der Waals surface area contributed by atoms with E-state index in [0.29, 0.717) is 17.7 Å². The lowest BCUT2D eigenvalue weighted by atomic mass is 10.1. The van der Waals surface area contributed by atoms with Crippen molar-refractivity contribution in [1.82, 2.24) is 10.6 Å². The van der Waals surface area contributed by atoms with Crippen LogP contribution >= 0.6 is 0 Å². The summed E-state index contributed by atoms with van der Waals surface area (Å²) in [5.74, 6) is -1.34. The van der Waals surface area contributed by atoms with Gasteiger partial charge < -0.3 is 10.1 Å². The lowest BCUT2D eigenvalue weighted by Crippen LogP contribution is -2.42. The fourth-order valence-corrected chi connectivity index (χ4v) is 2.26. The van der Waals surface area contributed by atoms with Gasteiger partial charge in [0.15, 0.2) is 0 Å². The predicted octanol–water partition coefficient (Wildman–Crippen LogP) is 2.74. The highest BCUT2D eigenvalue weighted by Crippen LogP contribution is 2.20. The second-order valence-corrected chi connectivity index (χ2v) is 5.36. The van der Waals surface area contributed by atoms with Gasteiger partial charge in [-0.2, -0.15) is 0 Å². The topological polar surface area (TPSA) is 84.5 Å². The number of imide groups is 1. The van der Waals surface area contributed by atoms with Crippen LogP contribution in [0.3, 0.4) is 0 Å². The number of urea groups is 1. The molecule has 3 amide bonds. The van der Waals surface area contributed by atoms with Crippen molar-refractivity contribution < 1.29 is 19.1 Å². The third-order valence-electron chi connectivity index (χ3n) is 3.50. The van der Waals surface area contributed by atoms with Crippen LogP contribution in [0, 0.1) is 6.92 Å². The van der Waals surface area contributed by atoms with Crippen molar-refractivity contribution in [2.45, 2.75) is 20.0 Å². The minimum Gasteiger partial charge on any atom is -0.444 e. The number of ether oxygens (including phenoxy) is 1. The van der Waals surface area contributed by atoms with Gasteiger partial charge in [-0.15, -0.1) is 0 Å². The van der Waals surface area contributed by atoms with Gasteiger partial charge in [0.05, 0.1) is 5.56 Å². The molecule has 2 N–H and O–H groups in total. The summed E-state index contributed by atoms with van der Waals surface area (Å²) in [5.41, 5.74) is 1.59. The van der Waals surface area contributed by atoms with Gasteiger partial charge in [-0.3, -0.25) is 10.1 Å². The zero-order valence-electron chi connectivity index (χ0n) is 14.1. The molecule has 2 aromatic rings. The lowest BCUT2D eigenvalue weighted by Gasteiger charge is -2.18. The first-order valence-corrected chi connectivity index (χ1v) is 7.93. The SMILES string of the molecule is CCNC(=O)NC(=O)[C@@H](OC(=O)c1ccccc1C)c1ccccc1. The Morgan fingerprint density at radius 2 is 1.64 bits per heavy atom. The van der Waals surface area contributed by atoms with Gasteiger partial charge in [0.1, 0.15) is 0 Å². The first-order valence-electron chi connectivity index (χ1n) is 7.93. The lowest BCUT2D eigenvalue weighted by molar-refractivity contribution is -0.129. The number of benzene rings is 2. The number of amides is 3. The zero-order chi connectivity index (χ0) is 18.2. The molecule has 1 atom stereocenters. The molecule has 25 heavy (non-hydrogen) atoms. The normalized spacial score (nSPS) is 11.3. The highest BCUT2D eigenvalue weighted by molar-refractivity contribution is 5.99. The summed E-state index contributed by atoms with van der Waals surface area (Å²) in [7, 11) is 0. The molecule has 6 nitrogen and oxygen atoms in total. The fourth-order valence-electron chi connectivity index (χ4n) is 2.26. The van der Waals surface area contributed by atoms with Crippen molar-refractivity contribution in [3.05, 3.63) is 71.3 Å². The molecule has 0 heterocycles. The van der Waals surface area contributed by atoms with Crippen LogP contribution in [0.1, 0.15) is 34.5 Å². The van der Waals surface area contributed by atoms with Crippen LogP contribution in [0.15, 0.2) is 54.6 Å². The van der Waals surface area contributed by atoms with Gasteiger partial charge in [0.25, 0.3) is 5.91 Å². The Morgan fingerprint density at radius 1 is 1.00 bits per heavy atom. The second-order valence-electron chi connectivity index (χ2n) is 5.36. The van der Waals surface area contributed by atoms with Gasteiger partial charge in [-0.25, -0.2) is 9.59 Å². The van der Waals surface area contributed by atoms with E-state index >= 15 is 0 Å². The van der Waals surface area contributed by atoms with E-state index in [4.69, 9.17) is 4.74 Å². The summed E-state index contributed by atoms with van der Waals surface area (Å²) in [6.45, 7) is 3.89. The molecule has 6 heteroatoms. The summed E-state index contributed by atoms with van der Waals surface area (Å²) in [6.07, 6.45) is -1.23. The Labute approximate surface area is 146 Å². The van der Waals surface area contributed by atoms with Crippen LogP contribution in [0.5, 0.6) is 0 Å². The molecule has 0 spiro atoms. The van der Waals surface area contributed by atoms with Crippen molar-refractivity contribution >= 4 is 17.9 Å². The molecule has 0 unspecified atom stereocenters. The maximum Gasteiger partial charge on any atom is 0.339 e. The quantitative estimate of drug-likeness (QED) is 0.820. The van der Waals surface area contributed by atoms with Gasteiger partial charge in [0.2, 0.25) is 6.10 Å². The molecule has 0 bridgehead atoms. The van der Waals surface area contributed by atoms with Crippen LogP contribution in [0.25, 0.3) is 0 Å². The number of hydrogen-bond donors (Lipinski definition) is 2. The van der Waals surface area contributed by atoms with E-state index in [2.05, 4.69) is 10.6 Å². The number of carbonyl (C=O) groups excluding carboxylic acids is 3. The number of rotatable bonds is 5. The Morgan fingerprint density at radius 3 is 2.28 bits per heavy atom. The van der Waals surface area contributed by atoms with Crippen LogP contribution in [-0.4, -0.2) is 24.5 Å². The highest BCUT2D eigenvalue weighted by Gasteiger charge is 2.27. The Kier molecular flexibility index (Phi) is 6.28. The molecule has 0 saturated heterocycles. The molecule has 0 aromatic heterocycles. The molecular weight excluding hydrogens is 320 g/mol. The maximum atomic E-state index is 12.5. The largest absolute Gasteiger partial charge is 0.444 e. The summed E-state index contributed by atoms with van der Waals surface area (Å²) in [5, 5.41) is 4.65. The Hall–Kier alpha value is -3.15. The minimum atomic E-state index is -1.23. The van der Waals surface area contributed by atoms with Crippen molar-refractivity contribution in [2.75, 3.05) is 6.54 Å². The van der Waals surface area contributed by atoms with E-state index in [-0.39, 0.29) is 0 Å². The molecule has 0 saturated carbocycles. The summed E-state index contributed by atoms with van der Waals surface area (Å²) < 4.78 is 5.41. The van der Waals surface area contributed by atoms with Crippen molar-refractivity contribution in [3.8, 4) is 0 Å². The molecule has 0 aliphatic heterocycles. The molecule has 0 aliphatic carbocycles. The minimum absolute atomic E-state index is 0.370. The first-order chi connectivity index (χ1) is 12.0.